The van der Waals surface area contributed by atoms with Crippen LogP contribution < -0.4 is 9.47 Å². The monoisotopic (exact) mass is 398 g/mol. The summed E-state index contributed by atoms with van der Waals surface area (Å²) in [6.45, 7) is -2.91. The van der Waals surface area contributed by atoms with Gasteiger partial charge in [0.15, 0.2) is 17.3 Å². The van der Waals surface area contributed by atoms with Gasteiger partial charge in [0.05, 0.1) is 7.11 Å². The van der Waals surface area contributed by atoms with Gasteiger partial charge < -0.3 is 14.6 Å². The van der Waals surface area contributed by atoms with E-state index in [0.717, 1.165) is 0 Å². The summed E-state index contributed by atoms with van der Waals surface area (Å²) in [5.74, 6) is -0.0737. The van der Waals surface area contributed by atoms with Crippen molar-refractivity contribution in [2.24, 2.45) is 0 Å². The molecule has 126 valence electrons. The van der Waals surface area contributed by atoms with Gasteiger partial charge in [-0.2, -0.15) is 8.78 Å². The number of carbonyl (C=O) groups excluding carboxylic acids is 1. The number of hydrogen-bond donors (Lipinski definition) is 1. The Kier molecular flexibility index (Phi) is 5.92. The van der Waals surface area contributed by atoms with Gasteiger partial charge in [-0.15, -0.1) is 0 Å². The lowest BCUT2D eigenvalue weighted by molar-refractivity contribution is -0.0498. The number of phenols is 1. The summed E-state index contributed by atoms with van der Waals surface area (Å²) in [4.78, 5) is 12.1. The summed E-state index contributed by atoms with van der Waals surface area (Å²) in [6, 6.07) is 8.43. The van der Waals surface area contributed by atoms with Crippen LogP contribution in [-0.4, -0.2) is 24.6 Å². The second-order valence-electron chi connectivity index (χ2n) is 4.65. The first-order valence-electron chi connectivity index (χ1n) is 6.74. The molecule has 2 aromatic rings. The molecule has 0 heterocycles. The molecular weight excluding hydrogens is 386 g/mol. The molecule has 0 atom stereocenters. The number of aromatic hydroxyl groups is 1. The number of ketones is 1. The van der Waals surface area contributed by atoms with Crippen molar-refractivity contribution in [3.63, 3.8) is 0 Å². The number of rotatable bonds is 6. The zero-order valence-corrected chi connectivity index (χ0v) is 14.1. The average molecular weight is 399 g/mol. The lowest BCUT2D eigenvalue weighted by Gasteiger charge is -2.06. The van der Waals surface area contributed by atoms with Crippen molar-refractivity contribution in [1.29, 1.82) is 0 Å². The molecule has 0 amide bonds. The van der Waals surface area contributed by atoms with Gasteiger partial charge in [0.2, 0.25) is 0 Å². The van der Waals surface area contributed by atoms with Crippen LogP contribution in [-0.2, 0) is 0 Å². The topological polar surface area (TPSA) is 55.8 Å². The highest BCUT2D eigenvalue weighted by Crippen LogP contribution is 2.33. The van der Waals surface area contributed by atoms with Crippen molar-refractivity contribution < 1.29 is 28.2 Å². The highest BCUT2D eigenvalue weighted by molar-refractivity contribution is 9.10. The summed E-state index contributed by atoms with van der Waals surface area (Å²) in [6.07, 6.45) is 2.89. The maximum Gasteiger partial charge on any atom is 0.387 e. The quantitative estimate of drug-likeness (QED) is 0.567. The number of halogens is 3. The lowest BCUT2D eigenvalue weighted by Crippen LogP contribution is -2.02. The summed E-state index contributed by atoms with van der Waals surface area (Å²) >= 11 is 3.28. The summed E-state index contributed by atoms with van der Waals surface area (Å²) in [5.41, 5.74) is 0.963. The number of carbonyl (C=O) groups is 1. The van der Waals surface area contributed by atoms with Gasteiger partial charge >= 0.3 is 6.61 Å². The first-order chi connectivity index (χ1) is 11.4. The number of allylic oxidation sites excluding steroid dienone is 1. The predicted molar refractivity (Wildman–Crippen MR) is 88.8 cm³/mol. The smallest absolute Gasteiger partial charge is 0.387 e. The average Bonchev–Trinajstić information content (AvgIpc) is 2.54. The fourth-order valence-electron chi connectivity index (χ4n) is 1.91. The molecule has 0 aromatic heterocycles. The van der Waals surface area contributed by atoms with Crippen LogP contribution in [0.4, 0.5) is 8.78 Å². The molecule has 2 aromatic carbocycles. The largest absolute Gasteiger partial charge is 0.504 e. The fourth-order valence-corrected chi connectivity index (χ4v) is 2.38. The van der Waals surface area contributed by atoms with Gasteiger partial charge in [-0.25, -0.2) is 0 Å². The number of methoxy groups -OCH3 is 1. The standard InChI is InChI=1S/C17H13BrF2O4/c1-23-16-8-11(13(18)9-15(16)22)4-7-14(21)10-2-5-12(6-3-10)24-17(19)20/h2-9,17,22H,1H3/b7-4+. The summed E-state index contributed by atoms with van der Waals surface area (Å²) < 4.78 is 34.0. The van der Waals surface area contributed by atoms with E-state index in [0.29, 0.717) is 15.6 Å². The minimum absolute atomic E-state index is 0.0171. The van der Waals surface area contributed by atoms with Crippen molar-refractivity contribution in [3.8, 4) is 17.2 Å². The van der Waals surface area contributed by atoms with Gasteiger partial charge in [0.1, 0.15) is 5.75 Å². The van der Waals surface area contributed by atoms with Crippen molar-refractivity contribution >= 4 is 27.8 Å². The first-order valence-corrected chi connectivity index (χ1v) is 7.54. The third-order valence-corrected chi connectivity index (χ3v) is 3.76. The summed E-state index contributed by atoms with van der Waals surface area (Å²) in [5, 5.41) is 9.65. The second-order valence-corrected chi connectivity index (χ2v) is 5.50. The SMILES string of the molecule is COc1cc(/C=C/C(=O)c2ccc(OC(F)F)cc2)c(Br)cc1O. The van der Waals surface area contributed by atoms with Crippen LogP contribution in [0, 0.1) is 0 Å². The Bertz CT molecular complexity index is 758. The molecule has 0 unspecified atom stereocenters. The molecule has 4 nitrogen and oxygen atoms in total. The van der Waals surface area contributed by atoms with E-state index in [1.807, 2.05) is 0 Å². The van der Waals surface area contributed by atoms with Gasteiger partial charge in [-0.1, -0.05) is 15.9 Å². The number of phenolic OH excluding ortho intramolecular Hbond substituents is 1. The van der Waals surface area contributed by atoms with Crippen molar-refractivity contribution in [1.82, 2.24) is 0 Å². The van der Waals surface area contributed by atoms with Crippen LogP contribution in [0.1, 0.15) is 15.9 Å². The fraction of sp³-hybridized carbons (Fsp3) is 0.118. The third-order valence-electron chi connectivity index (χ3n) is 3.08. The van der Waals surface area contributed by atoms with Crippen molar-refractivity contribution in [2.45, 2.75) is 6.61 Å². The molecule has 0 saturated heterocycles. The van der Waals surface area contributed by atoms with Crippen molar-refractivity contribution in [3.05, 3.63) is 58.1 Å². The van der Waals surface area contributed by atoms with Crippen LogP contribution in [0.5, 0.6) is 17.2 Å². The number of benzene rings is 2. The van der Waals surface area contributed by atoms with E-state index in [1.165, 1.54) is 43.5 Å². The molecule has 0 radical (unpaired) electrons. The Hall–Kier alpha value is -2.41. The molecule has 0 saturated carbocycles. The molecule has 0 aliphatic rings. The second kappa shape index (κ2) is 7.92. The third kappa shape index (κ3) is 4.55. The molecular formula is C17H13BrF2O4. The normalized spacial score (nSPS) is 11.0. The highest BCUT2D eigenvalue weighted by Gasteiger charge is 2.08. The molecule has 1 N–H and O–H groups in total. The predicted octanol–water partition coefficient (Wildman–Crippen LogP) is 4.66. The Labute approximate surface area is 145 Å². The van der Waals surface area contributed by atoms with Crippen LogP contribution in [0.2, 0.25) is 0 Å². The Morgan fingerprint density at radius 2 is 1.92 bits per heavy atom. The molecule has 7 heteroatoms. The zero-order valence-electron chi connectivity index (χ0n) is 12.5. The van der Waals surface area contributed by atoms with Crippen LogP contribution in [0.3, 0.4) is 0 Å². The maximum atomic E-state index is 12.1. The summed E-state index contributed by atoms with van der Waals surface area (Å²) in [7, 11) is 1.42. The van der Waals surface area contributed by atoms with E-state index in [2.05, 4.69) is 20.7 Å². The van der Waals surface area contributed by atoms with E-state index in [-0.39, 0.29) is 23.0 Å². The van der Waals surface area contributed by atoms with E-state index in [4.69, 9.17) is 4.74 Å². The zero-order chi connectivity index (χ0) is 17.7. The Morgan fingerprint density at radius 1 is 1.25 bits per heavy atom. The molecule has 0 spiro atoms. The van der Waals surface area contributed by atoms with Crippen LogP contribution >= 0.6 is 15.9 Å². The van der Waals surface area contributed by atoms with E-state index >= 15 is 0 Å². The van der Waals surface area contributed by atoms with Gasteiger partial charge in [-0.05, 0) is 54.1 Å². The molecule has 0 aliphatic carbocycles. The Morgan fingerprint density at radius 3 is 2.50 bits per heavy atom. The molecule has 0 aliphatic heterocycles. The van der Waals surface area contributed by atoms with Gasteiger partial charge in [0, 0.05) is 10.0 Å². The minimum atomic E-state index is -2.91. The number of ether oxygens (including phenoxy) is 2. The lowest BCUT2D eigenvalue weighted by atomic mass is 10.1. The first kappa shape index (κ1) is 17.9. The molecule has 2 rings (SSSR count). The van der Waals surface area contributed by atoms with E-state index < -0.39 is 6.61 Å². The number of hydrogen-bond acceptors (Lipinski definition) is 4. The molecule has 0 bridgehead atoms. The van der Waals surface area contributed by atoms with Gasteiger partial charge in [0.25, 0.3) is 0 Å². The Balaban J connectivity index is 2.15. The van der Waals surface area contributed by atoms with Crippen LogP contribution in [0.15, 0.2) is 46.9 Å². The van der Waals surface area contributed by atoms with E-state index in [1.54, 1.807) is 12.1 Å². The van der Waals surface area contributed by atoms with Gasteiger partial charge in [-0.3, -0.25) is 4.79 Å². The minimum Gasteiger partial charge on any atom is -0.504 e. The van der Waals surface area contributed by atoms with Crippen LogP contribution in [0.25, 0.3) is 6.08 Å². The highest BCUT2D eigenvalue weighted by atomic mass is 79.9. The molecule has 0 fully saturated rings. The number of alkyl halides is 2. The molecule has 24 heavy (non-hydrogen) atoms. The van der Waals surface area contributed by atoms with Crippen molar-refractivity contribution in [2.75, 3.05) is 7.11 Å². The van der Waals surface area contributed by atoms with E-state index in [9.17, 15) is 18.7 Å². The maximum absolute atomic E-state index is 12.1.